The summed E-state index contributed by atoms with van der Waals surface area (Å²) >= 11 is 11.9. The van der Waals surface area contributed by atoms with E-state index < -0.39 is 12.0 Å². The Bertz CT molecular complexity index is 980. The molecule has 1 atom stereocenters. The van der Waals surface area contributed by atoms with Crippen molar-refractivity contribution in [1.29, 1.82) is 0 Å². The van der Waals surface area contributed by atoms with Crippen LogP contribution in [0.4, 0.5) is 5.69 Å². The number of carbonyl (C=O) groups excluding carboxylic acids is 3. The molecule has 1 saturated heterocycles. The number of hydrogen-bond donors (Lipinski definition) is 3. The highest BCUT2D eigenvalue weighted by Crippen LogP contribution is 2.27. The molecule has 3 rings (SSSR count). The summed E-state index contributed by atoms with van der Waals surface area (Å²) in [6.45, 7) is 0.844. The van der Waals surface area contributed by atoms with E-state index in [1.54, 1.807) is 36.4 Å². The van der Waals surface area contributed by atoms with Crippen molar-refractivity contribution >= 4 is 46.6 Å². The third-order valence-corrected chi connectivity index (χ3v) is 5.16. The lowest BCUT2D eigenvalue weighted by Crippen LogP contribution is -2.41. The van der Waals surface area contributed by atoms with Gasteiger partial charge in [0.2, 0.25) is 5.91 Å². The molecule has 32 heavy (non-hydrogen) atoms. The van der Waals surface area contributed by atoms with Gasteiger partial charge in [-0.15, -0.1) is 0 Å². The zero-order chi connectivity index (χ0) is 22.9. The van der Waals surface area contributed by atoms with Gasteiger partial charge in [-0.25, -0.2) is 0 Å². The molecule has 0 saturated carbocycles. The van der Waals surface area contributed by atoms with Crippen LogP contribution in [0.5, 0.6) is 5.75 Å². The molecule has 0 bridgehead atoms. The average Bonchev–Trinajstić information content (AvgIpc) is 3.31. The Kier molecular flexibility index (Phi) is 8.72. The number of hydrazine groups is 1. The van der Waals surface area contributed by atoms with Crippen LogP contribution >= 0.6 is 23.2 Å². The number of anilines is 1. The lowest BCUT2D eigenvalue weighted by atomic mass is 10.1. The summed E-state index contributed by atoms with van der Waals surface area (Å²) in [5.74, 6) is -0.630. The van der Waals surface area contributed by atoms with E-state index in [-0.39, 0.29) is 30.4 Å². The van der Waals surface area contributed by atoms with E-state index in [9.17, 15) is 14.4 Å². The highest BCUT2D eigenvalue weighted by molar-refractivity contribution is 6.35. The molecule has 170 valence electrons. The van der Waals surface area contributed by atoms with Crippen LogP contribution in [0.1, 0.15) is 36.0 Å². The normalized spacial score (nSPS) is 15.1. The number of ether oxygens (including phenoxy) is 2. The molecule has 0 aliphatic carbocycles. The highest BCUT2D eigenvalue weighted by Gasteiger charge is 2.23. The van der Waals surface area contributed by atoms with Crippen molar-refractivity contribution in [3.05, 3.63) is 58.1 Å². The number of halogens is 2. The fraction of sp³-hybridized carbons (Fsp3) is 0.318. The molecule has 1 heterocycles. The van der Waals surface area contributed by atoms with Crippen molar-refractivity contribution < 1.29 is 23.9 Å². The second-order valence-corrected chi connectivity index (χ2v) is 7.94. The van der Waals surface area contributed by atoms with Crippen molar-refractivity contribution in [2.24, 2.45) is 0 Å². The maximum absolute atomic E-state index is 12.3. The minimum absolute atomic E-state index is 0.142. The van der Waals surface area contributed by atoms with Gasteiger partial charge in [-0.05, 0) is 55.7 Å². The van der Waals surface area contributed by atoms with Gasteiger partial charge < -0.3 is 14.8 Å². The molecule has 0 spiro atoms. The molecule has 10 heteroatoms. The molecule has 3 N–H and O–H groups in total. The molecular weight excluding hydrogens is 457 g/mol. The monoisotopic (exact) mass is 479 g/mol. The van der Waals surface area contributed by atoms with Crippen LogP contribution < -0.4 is 20.9 Å². The predicted octanol–water partition coefficient (Wildman–Crippen LogP) is 3.73. The summed E-state index contributed by atoms with van der Waals surface area (Å²) in [6.07, 6.45) is 1.62. The first-order valence-electron chi connectivity index (χ1n) is 10.1. The molecule has 8 nitrogen and oxygen atoms in total. The SMILES string of the molecule is O=C(CCCOc1ccc(Cl)cc1Cl)NNC(=O)c1cccc(NC(=O)C2CCCO2)c1. The van der Waals surface area contributed by atoms with Crippen LogP contribution in [0.15, 0.2) is 42.5 Å². The van der Waals surface area contributed by atoms with Gasteiger partial charge in [0.1, 0.15) is 11.9 Å². The molecule has 2 aromatic rings. The summed E-state index contributed by atoms with van der Waals surface area (Å²) in [5.41, 5.74) is 5.48. The number of rotatable bonds is 8. The third kappa shape index (κ3) is 7.12. The van der Waals surface area contributed by atoms with Crippen LogP contribution in [-0.4, -0.2) is 37.0 Å². The van der Waals surface area contributed by atoms with E-state index >= 15 is 0 Å². The van der Waals surface area contributed by atoms with E-state index in [1.807, 2.05) is 0 Å². The molecule has 1 fully saturated rings. The first kappa shape index (κ1) is 23.8. The van der Waals surface area contributed by atoms with Crippen LogP contribution in [-0.2, 0) is 14.3 Å². The summed E-state index contributed by atoms with van der Waals surface area (Å²) in [5, 5.41) is 3.64. The minimum atomic E-state index is -0.504. The fourth-order valence-electron chi connectivity index (χ4n) is 3.01. The third-order valence-electron chi connectivity index (χ3n) is 4.63. The lowest BCUT2D eigenvalue weighted by molar-refractivity contribution is -0.124. The smallest absolute Gasteiger partial charge is 0.269 e. The zero-order valence-corrected chi connectivity index (χ0v) is 18.7. The quantitative estimate of drug-likeness (QED) is 0.395. The Morgan fingerprint density at radius 2 is 1.94 bits per heavy atom. The largest absolute Gasteiger partial charge is 0.492 e. The van der Waals surface area contributed by atoms with Gasteiger partial charge in [0.15, 0.2) is 0 Å². The molecular formula is C22H23Cl2N3O5. The standard InChI is InChI=1S/C22H23Cl2N3O5/c23-15-8-9-18(17(24)13-15)31-11-3-7-20(28)26-27-21(29)14-4-1-5-16(12-14)25-22(30)19-6-2-10-32-19/h1,4-5,8-9,12-13,19H,2-3,6-7,10-11H2,(H,25,30)(H,26,28)(H,27,29). The molecule has 1 unspecified atom stereocenters. The molecule has 0 radical (unpaired) electrons. The molecule has 1 aliphatic rings. The maximum Gasteiger partial charge on any atom is 0.269 e. The van der Waals surface area contributed by atoms with Crippen LogP contribution in [0, 0.1) is 0 Å². The molecule has 0 aromatic heterocycles. The highest BCUT2D eigenvalue weighted by atomic mass is 35.5. The second-order valence-electron chi connectivity index (χ2n) is 7.10. The summed E-state index contributed by atoms with van der Waals surface area (Å²) in [6, 6.07) is 11.3. The summed E-state index contributed by atoms with van der Waals surface area (Å²) in [4.78, 5) is 36.4. The van der Waals surface area contributed by atoms with Crippen LogP contribution in [0.25, 0.3) is 0 Å². The molecule has 3 amide bonds. The van der Waals surface area contributed by atoms with Crippen LogP contribution in [0.3, 0.4) is 0 Å². The summed E-state index contributed by atoms with van der Waals surface area (Å²) in [7, 11) is 0. The van der Waals surface area contributed by atoms with E-state index in [0.29, 0.717) is 40.9 Å². The minimum Gasteiger partial charge on any atom is -0.492 e. The number of hydrogen-bond acceptors (Lipinski definition) is 5. The van der Waals surface area contributed by atoms with Crippen LogP contribution in [0.2, 0.25) is 10.0 Å². The fourth-order valence-corrected chi connectivity index (χ4v) is 3.48. The molecule has 2 aromatic carbocycles. The Balaban J connectivity index is 1.39. The van der Waals surface area contributed by atoms with Gasteiger partial charge in [-0.3, -0.25) is 25.2 Å². The van der Waals surface area contributed by atoms with E-state index in [1.165, 1.54) is 6.07 Å². The zero-order valence-electron chi connectivity index (χ0n) is 17.2. The second kappa shape index (κ2) is 11.7. The van der Waals surface area contributed by atoms with Gasteiger partial charge in [0, 0.05) is 29.3 Å². The van der Waals surface area contributed by atoms with Crippen molar-refractivity contribution in [2.45, 2.75) is 31.8 Å². The van der Waals surface area contributed by atoms with Gasteiger partial charge in [0.25, 0.3) is 11.8 Å². The van der Waals surface area contributed by atoms with E-state index in [4.69, 9.17) is 32.7 Å². The van der Waals surface area contributed by atoms with Gasteiger partial charge in [0.05, 0.1) is 11.6 Å². The number of benzene rings is 2. The Morgan fingerprint density at radius 1 is 1.09 bits per heavy atom. The van der Waals surface area contributed by atoms with Gasteiger partial charge in [-0.2, -0.15) is 0 Å². The number of carbonyl (C=O) groups is 3. The first-order chi connectivity index (χ1) is 15.4. The lowest BCUT2D eigenvalue weighted by Gasteiger charge is -2.12. The number of nitrogens with one attached hydrogen (secondary N) is 3. The molecule has 1 aliphatic heterocycles. The predicted molar refractivity (Wildman–Crippen MR) is 121 cm³/mol. The van der Waals surface area contributed by atoms with Crippen molar-refractivity contribution in [1.82, 2.24) is 10.9 Å². The van der Waals surface area contributed by atoms with Crippen molar-refractivity contribution in [2.75, 3.05) is 18.5 Å². The average molecular weight is 480 g/mol. The van der Waals surface area contributed by atoms with Gasteiger partial charge >= 0.3 is 0 Å². The van der Waals surface area contributed by atoms with E-state index in [2.05, 4.69) is 16.2 Å². The Labute approximate surface area is 195 Å². The summed E-state index contributed by atoms with van der Waals surface area (Å²) < 4.78 is 10.9. The van der Waals surface area contributed by atoms with Gasteiger partial charge in [-0.1, -0.05) is 29.3 Å². The maximum atomic E-state index is 12.3. The van der Waals surface area contributed by atoms with E-state index in [0.717, 1.165) is 6.42 Å². The van der Waals surface area contributed by atoms with Crippen molar-refractivity contribution in [3.8, 4) is 5.75 Å². The van der Waals surface area contributed by atoms with Crippen molar-refractivity contribution in [3.63, 3.8) is 0 Å². The first-order valence-corrected chi connectivity index (χ1v) is 10.9. The Hall–Kier alpha value is -2.81. The topological polar surface area (TPSA) is 106 Å². The number of amides is 3. The Morgan fingerprint density at radius 3 is 2.69 bits per heavy atom.